The highest BCUT2D eigenvalue weighted by Gasteiger charge is 2.00. The van der Waals surface area contributed by atoms with Crippen LogP contribution in [0.15, 0.2) is 0 Å². The number of hydrogen-bond donors (Lipinski definition) is 2. The lowest BCUT2D eigenvalue weighted by Crippen LogP contribution is -2.03. The van der Waals surface area contributed by atoms with Gasteiger partial charge in [-0.15, -0.1) is 0 Å². The zero-order valence-electron chi connectivity index (χ0n) is 4.74. The van der Waals surface area contributed by atoms with E-state index in [1.807, 2.05) is 0 Å². The molecule has 0 aromatic heterocycles. The molecule has 58 valence electrons. The molecule has 0 aliphatic heterocycles. The summed E-state index contributed by atoms with van der Waals surface area (Å²) in [7, 11) is -3.74. The van der Waals surface area contributed by atoms with Crippen molar-refractivity contribution in [3.8, 4) is 0 Å². The molecule has 0 aromatic carbocycles. The van der Waals surface area contributed by atoms with Gasteiger partial charge in [-0.25, -0.2) is 0 Å². The van der Waals surface area contributed by atoms with Crippen molar-refractivity contribution in [3.63, 3.8) is 0 Å². The molecular formula is C3H10O4S2. The highest BCUT2D eigenvalue weighted by Crippen LogP contribution is 1.88. The predicted octanol–water partition coefficient (Wildman–Crippen LogP) is -0.631. The molecule has 0 radical (unpaired) electrons. The Morgan fingerprint density at radius 2 is 1.89 bits per heavy atom. The Kier molecular flexibility index (Phi) is 6.69. The van der Waals surface area contributed by atoms with Crippen molar-refractivity contribution in [3.05, 3.63) is 0 Å². The SMILES string of the molecule is O.O=S(=O)(O)CCCS. The second-order valence-electron chi connectivity index (χ2n) is 1.36. The highest BCUT2D eigenvalue weighted by molar-refractivity contribution is 7.85. The van der Waals surface area contributed by atoms with E-state index < -0.39 is 10.1 Å². The zero-order chi connectivity index (χ0) is 6.62. The van der Waals surface area contributed by atoms with E-state index in [1.165, 1.54) is 0 Å². The van der Waals surface area contributed by atoms with Crippen molar-refractivity contribution in [1.82, 2.24) is 0 Å². The molecule has 0 heterocycles. The van der Waals surface area contributed by atoms with E-state index in [1.54, 1.807) is 0 Å². The lowest BCUT2D eigenvalue weighted by molar-refractivity contribution is 0.482. The van der Waals surface area contributed by atoms with Crippen LogP contribution >= 0.6 is 12.6 Å². The first-order valence-electron chi connectivity index (χ1n) is 2.12. The first-order valence-corrected chi connectivity index (χ1v) is 4.36. The average molecular weight is 174 g/mol. The normalized spacial score (nSPS) is 10.4. The molecule has 0 amide bonds. The van der Waals surface area contributed by atoms with Crippen molar-refractivity contribution in [2.75, 3.05) is 11.5 Å². The third kappa shape index (κ3) is 11.7. The minimum Gasteiger partial charge on any atom is -0.412 e. The van der Waals surface area contributed by atoms with Gasteiger partial charge in [-0.1, -0.05) is 0 Å². The summed E-state index contributed by atoms with van der Waals surface area (Å²) in [5.74, 6) is 0.302. The molecule has 9 heavy (non-hydrogen) atoms. The summed E-state index contributed by atoms with van der Waals surface area (Å²) in [5.41, 5.74) is 0. The lowest BCUT2D eigenvalue weighted by Gasteiger charge is -1.89. The fraction of sp³-hybridized carbons (Fsp3) is 1.00. The van der Waals surface area contributed by atoms with Gasteiger partial charge in [0.25, 0.3) is 10.1 Å². The minimum atomic E-state index is -3.74. The van der Waals surface area contributed by atoms with Crippen LogP contribution in [0.25, 0.3) is 0 Å². The van der Waals surface area contributed by atoms with Gasteiger partial charge in [0.05, 0.1) is 5.75 Å². The first-order chi connectivity index (χ1) is 3.56. The van der Waals surface area contributed by atoms with Crippen molar-refractivity contribution >= 4 is 22.7 Å². The fourth-order valence-corrected chi connectivity index (χ4v) is 1.13. The van der Waals surface area contributed by atoms with E-state index in [0.29, 0.717) is 12.2 Å². The molecule has 4 nitrogen and oxygen atoms in total. The maximum atomic E-state index is 9.91. The standard InChI is InChI=1S/C3H8O3S2.H2O/c4-8(5,6)3-1-2-7;/h7H,1-3H2,(H,4,5,6);1H2. The van der Waals surface area contributed by atoms with E-state index in [-0.39, 0.29) is 11.2 Å². The summed E-state index contributed by atoms with van der Waals surface area (Å²) >= 11 is 3.76. The van der Waals surface area contributed by atoms with Crippen molar-refractivity contribution < 1.29 is 18.4 Å². The zero-order valence-corrected chi connectivity index (χ0v) is 6.45. The molecule has 0 spiro atoms. The molecule has 3 N–H and O–H groups in total. The molecule has 0 saturated carbocycles. The Morgan fingerprint density at radius 3 is 2.00 bits per heavy atom. The molecule has 0 aromatic rings. The Labute approximate surface area is 59.7 Å². The van der Waals surface area contributed by atoms with Crippen molar-refractivity contribution in [2.24, 2.45) is 0 Å². The van der Waals surface area contributed by atoms with E-state index in [9.17, 15) is 8.42 Å². The Bertz CT molecular complexity index is 138. The predicted molar refractivity (Wildman–Crippen MR) is 38.5 cm³/mol. The Hall–Kier alpha value is 0.220. The number of rotatable bonds is 3. The summed E-state index contributed by atoms with van der Waals surface area (Å²) in [6, 6.07) is 0. The highest BCUT2D eigenvalue weighted by atomic mass is 32.2. The molecule has 0 aliphatic carbocycles. The van der Waals surface area contributed by atoms with Crippen LogP contribution in [0, 0.1) is 0 Å². The fourth-order valence-electron chi connectivity index (χ4n) is 0.247. The van der Waals surface area contributed by atoms with Crippen molar-refractivity contribution in [1.29, 1.82) is 0 Å². The van der Waals surface area contributed by atoms with Gasteiger partial charge in [0, 0.05) is 0 Å². The maximum absolute atomic E-state index is 9.91. The van der Waals surface area contributed by atoms with Crippen LogP contribution in [0.4, 0.5) is 0 Å². The van der Waals surface area contributed by atoms with Crippen LogP contribution in [0.3, 0.4) is 0 Å². The van der Waals surface area contributed by atoms with Crippen LogP contribution in [0.2, 0.25) is 0 Å². The van der Waals surface area contributed by atoms with E-state index in [2.05, 4.69) is 12.6 Å². The molecule has 6 heteroatoms. The average Bonchev–Trinajstić information content (AvgIpc) is 1.59. The molecule has 0 aliphatic rings. The summed E-state index contributed by atoms with van der Waals surface area (Å²) in [6.07, 6.45) is 0.405. The molecule has 0 bridgehead atoms. The molecule has 0 atom stereocenters. The van der Waals surface area contributed by atoms with Crippen LogP contribution < -0.4 is 0 Å². The summed E-state index contributed by atoms with van der Waals surface area (Å²) in [4.78, 5) is 0. The second kappa shape index (κ2) is 5.04. The van der Waals surface area contributed by atoms with Gasteiger partial charge in [0.2, 0.25) is 0 Å². The molecular weight excluding hydrogens is 164 g/mol. The van der Waals surface area contributed by atoms with Gasteiger partial charge in [0.15, 0.2) is 0 Å². The van der Waals surface area contributed by atoms with Crippen molar-refractivity contribution in [2.45, 2.75) is 6.42 Å². The van der Waals surface area contributed by atoms with E-state index in [4.69, 9.17) is 4.55 Å². The van der Waals surface area contributed by atoms with E-state index >= 15 is 0 Å². The second-order valence-corrected chi connectivity index (χ2v) is 3.38. The van der Waals surface area contributed by atoms with Crippen LogP contribution in [-0.2, 0) is 10.1 Å². The van der Waals surface area contributed by atoms with Gasteiger partial charge >= 0.3 is 0 Å². The largest absolute Gasteiger partial charge is 0.412 e. The summed E-state index contributed by atoms with van der Waals surface area (Å²) < 4.78 is 27.9. The van der Waals surface area contributed by atoms with Crippen LogP contribution in [0.1, 0.15) is 6.42 Å². The molecule has 0 fully saturated rings. The Balaban J connectivity index is 0. The lowest BCUT2D eigenvalue weighted by atomic mass is 10.6. The van der Waals surface area contributed by atoms with Gasteiger partial charge in [-0.2, -0.15) is 21.0 Å². The monoisotopic (exact) mass is 174 g/mol. The quantitative estimate of drug-likeness (QED) is 0.441. The van der Waals surface area contributed by atoms with Gasteiger partial charge in [-0.05, 0) is 12.2 Å². The third-order valence-electron chi connectivity index (χ3n) is 0.560. The molecule has 0 unspecified atom stereocenters. The summed E-state index contributed by atoms with van der Waals surface area (Å²) in [6.45, 7) is 0. The van der Waals surface area contributed by atoms with Gasteiger partial charge < -0.3 is 5.48 Å². The minimum absolute atomic E-state index is 0. The summed E-state index contributed by atoms with van der Waals surface area (Å²) in [5, 5.41) is 0. The maximum Gasteiger partial charge on any atom is 0.264 e. The Morgan fingerprint density at radius 1 is 1.44 bits per heavy atom. The first kappa shape index (κ1) is 12.0. The third-order valence-corrected chi connectivity index (χ3v) is 1.68. The van der Waals surface area contributed by atoms with Crippen LogP contribution in [-0.4, -0.2) is 30.0 Å². The van der Waals surface area contributed by atoms with Gasteiger partial charge in [-0.3, -0.25) is 4.55 Å². The van der Waals surface area contributed by atoms with Gasteiger partial charge in [0.1, 0.15) is 0 Å². The number of hydrogen-bond acceptors (Lipinski definition) is 3. The number of thiol groups is 1. The molecule has 0 saturated heterocycles. The topological polar surface area (TPSA) is 85.9 Å². The molecule has 0 rings (SSSR count). The van der Waals surface area contributed by atoms with E-state index in [0.717, 1.165) is 0 Å². The smallest absolute Gasteiger partial charge is 0.264 e. The van der Waals surface area contributed by atoms with Crippen LogP contribution in [0.5, 0.6) is 0 Å².